The standard InChI is InChI=1S/C9H12F3NO2/c10-9(11,12)15-8(14)13-6-2-1-3-7(13)5-4-6/h6-7H,1-5H2. The van der Waals surface area contributed by atoms with Crippen LogP contribution in [0.4, 0.5) is 18.0 Å². The van der Waals surface area contributed by atoms with E-state index in [9.17, 15) is 18.0 Å². The van der Waals surface area contributed by atoms with E-state index in [2.05, 4.69) is 4.74 Å². The number of hydrogen-bond acceptors (Lipinski definition) is 2. The van der Waals surface area contributed by atoms with Crippen LogP contribution in [0.5, 0.6) is 0 Å². The van der Waals surface area contributed by atoms with Gasteiger partial charge >= 0.3 is 12.5 Å². The van der Waals surface area contributed by atoms with Crippen molar-refractivity contribution >= 4 is 6.09 Å². The van der Waals surface area contributed by atoms with Crippen molar-refractivity contribution in [2.24, 2.45) is 0 Å². The predicted molar refractivity (Wildman–Crippen MR) is 45.0 cm³/mol. The van der Waals surface area contributed by atoms with Crippen LogP contribution in [-0.2, 0) is 4.74 Å². The second kappa shape index (κ2) is 3.57. The molecule has 0 aromatic carbocycles. The molecule has 2 unspecified atom stereocenters. The summed E-state index contributed by atoms with van der Waals surface area (Å²) < 4.78 is 39.0. The van der Waals surface area contributed by atoms with Crippen LogP contribution in [0.3, 0.4) is 0 Å². The van der Waals surface area contributed by atoms with E-state index in [1.165, 1.54) is 4.90 Å². The maximum atomic E-state index is 11.9. The third-order valence-electron chi connectivity index (χ3n) is 3.11. The van der Waals surface area contributed by atoms with Crippen LogP contribution in [0.25, 0.3) is 0 Å². The Hall–Kier alpha value is -0.940. The quantitative estimate of drug-likeness (QED) is 0.631. The molecule has 0 aromatic rings. The van der Waals surface area contributed by atoms with Gasteiger partial charge < -0.3 is 9.64 Å². The Balaban J connectivity index is 2.01. The van der Waals surface area contributed by atoms with E-state index in [0.29, 0.717) is 0 Å². The fourth-order valence-electron chi connectivity index (χ4n) is 2.57. The highest BCUT2D eigenvalue weighted by atomic mass is 19.4. The summed E-state index contributed by atoms with van der Waals surface area (Å²) in [5.41, 5.74) is 0. The lowest BCUT2D eigenvalue weighted by atomic mass is 10.0. The molecule has 2 aliphatic heterocycles. The first-order valence-electron chi connectivity index (χ1n) is 5.05. The Morgan fingerprint density at radius 1 is 1.13 bits per heavy atom. The number of hydrogen-bond donors (Lipinski definition) is 0. The zero-order valence-corrected chi connectivity index (χ0v) is 8.09. The van der Waals surface area contributed by atoms with Crippen LogP contribution in [0.2, 0.25) is 0 Å². The van der Waals surface area contributed by atoms with Gasteiger partial charge in [0.15, 0.2) is 0 Å². The molecule has 2 saturated heterocycles. The van der Waals surface area contributed by atoms with Gasteiger partial charge in [-0.1, -0.05) is 0 Å². The van der Waals surface area contributed by atoms with Crippen molar-refractivity contribution in [1.29, 1.82) is 0 Å². The van der Waals surface area contributed by atoms with Crippen molar-refractivity contribution in [3.05, 3.63) is 0 Å². The van der Waals surface area contributed by atoms with Gasteiger partial charge in [-0.15, -0.1) is 13.2 Å². The molecule has 1 amide bonds. The van der Waals surface area contributed by atoms with Crippen LogP contribution < -0.4 is 0 Å². The Labute approximate surface area is 85.2 Å². The lowest BCUT2D eigenvalue weighted by Crippen LogP contribution is -2.45. The van der Waals surface area contributed by atoms with Gasteiger partial charge in [0, 0.05) is 12.1 Å². The number of ether oxygens (including phenoxy) is 1. The zero-order valence-electron chi connectivity index (χ0n) is 8.09. The molecule has 0 aromatic heterocycles. The number of amides is 1. The third-order valence-corrected chi connectivity index (χ3v) is 3.11. The average molecular weight is 223 g/mol. The summed E-state index contributed by atoms with van der Waals surface area (Å²) >= 11 is 0. The highest BCUT2D eigenvalue weighted by Crippen LogP contribution is 2.36. The number of carbonyl (C=O) groups excluding carboxylic acids is 1. The second-order valence-electron chi connectivity index (χ2n) is 4.04. The van der Waals surface area contributed by atoms with E-state index < -0.39 is 12.5 Å². The highest BCUT2D eigenvalue weighted by Gasteiger charge is 2.44. The summed E-state index contributed by atoms with van der Waals surface area (Å²) in [5, 5.41) is 0. The van der Waals surface area contributed by atoms with Crippen LogP contribution >= 0.6 is 0 Å². The first-order chi connectivity index (χ1) is 6.97. The minimum absolute atomic E-state index is 0.0430. The van der Waals surface area contributed by atoms with E-state index in [-0.39, 0.29) is 12.1 Å². The van der Waals surface area contributed by atoms with Gasteiger partial charge in [0.2, 0.25) is 0 Å². The summed E-state index contributed by atoms with van der Waals surface area (Å²) in [4.78, 5) is 12.5. The van der Waals surface area contributed by atoms with Gasteiger partial charge in [0.1, 0.15) is 0 Å². The van der Waals surface area contributed by atoms with Gasteiger partial charge in [0.25, 0.3) is 0 Å². The Bertz CT molecular complexity index is 251. The molecule has 2 fully saturated rings. The summed E-state index contributed by atoms with van der Waals surface area (Å²) in [7, 11) is 0. The van der Waals surface area contributed by atoms with E-state index in [0.717, 1.165) is 32.1 Å². The average Bonchev–Trinajstić information content (AvgIpc) is 2.34. The van der Waals surface area contributed by atoms with Crippen molar-refractivity contribution in [1.82, 2.24) is 4.90 Å². The van der Waals surface area contributed by atoms with E-state index in [1.54, 1.807) is 0 Å². The first-order valence-corrected chi connectivity index (χ1v) is 5.05. The van der Waals surface area contributed by atoms with Crippen LogP contribution in [0.15, 0.2) is 0 Å². The van der Waals surface area contributed by atoms with Gasteiger partial charge in [-0.2, -0.15) is 0 Å². The van der Waals surface area contributed by atoms with Gasteiger partial charge in [-0.3, -0.25) is 0 Å². The molecular formula is C9H12F3NO2. The van der Waals surface area contributed by atoms with Crippen molar-refractivity contribution in [2.45, 2.75) is 50.6 Å². The lowest BCUT2D eigenvalue weighted by molar-refractivity contribution is -0.295. The monoisotopic (exact) mass is 223 g/mol. The first kappa shape index (κ1) is 10.6. The fourth-order valence-corrected chi connectivity index (χ4v) is 2.57. The van der Waals surface area contributed by atoms with Crippen molar-refractivity contribution in [3.8, 4) is 0 Å². The van der Waals surface area contributed by atoms with Crippen molar-refractivity contribution in [3.63, 3.8) is 0 Å². The number of carbonyl (C=O) groups is 1. The molecule has 0 saturated carbocycles. The molecule has 2 atom stereocenters. The molecule has 2 rings (SSSR count). The molecule has 2 heterocycles. The molecule has 3 nitrogen and oxygen atoms in total. The Kier molecular flexibility index (Phi) is 2.52. The summed E-state index contributed by atoms with van der Waals surface area (Å²) in [6.07, 6.45) is -1.91. The van der Waals surface area contributed by atoms with Gasteiger partial charge in [-0.25, -0.2) is 4.79 Å². The number of halogens is 3. The normalized spacial score (nSPS) is 30.5. The van der Waals surface area contributed by atoms with Gasteiger partial charge in [-0.05, 0) is 32.1 Å². The smallest absolute Gasteiger partial charge is 0.356 e. The molecule has 0 aliphatic carbocycles. The van der Waals surface area contributed by atoms with Crippen LogP contribution in [-0.4, -0.2) is 29.4 Å². The maximum absolute atomic E-state index is 11.9. The number of alkyl halides is 3. The molecule has 0 N–H and O–H groups in total. The second-order valence-corrected chi connectivity index (χ2v) is 4.04. The van der Waals surface area contributed by atoms with E-state index in [4.69, 9.17) is 0 Å². The minimum atomic E-state index is -4.87. The zero-order chi connectivity index (χ0) is 11.1. The Morgan fingerprint density at radius 2 is 1.67 bits per heavy atom. The van der Waals surface area contributed by atoms with Crippen molar-refractivity contribution in [2.75, 3.05) is 0 Å². The molecule has 15 heavy (non-hydrogen) atoms. The number of fused-ring (bicyclic) bond motifs is 2. The number of nitrogens with zero attached hydrogens (tertiary/aromatic N) is 1. The van der Waals surface area contributed by atoms with Crippen LogP contribution in [0.1, 0.15) is 32.1 Å². The third kappa shape index (κ3) is 2.18. The largest absolute Gasteiger partial charge is 0.576 e. The van der Waals surface area contributed by atoms with Crippen molar-refractivity contribution < 1.29 is 22.7 Å². The molecule has 2 bridgehead atoms. The molecule has 0 spiro atoms. The molecule has 2 aliphatic rings. The number of rotatable bonds is 0. The molecule has 0 radical (unpaired) electrons. The minimum Gasteiger partial charge on any atom is -0.356 e. The van der Waals surface area contributed by atoms with E-state index >= 15 is 0 Å². The van der Waals surface area contributed by atoms with Gasteiger partial charge in [0.05, 0.1) is 0 Å². The summed E-state index contributed by atoms with van der Waals surface area (Å²) in [5.74, 6) is 0. The molecular weight excluding hydrogens is 211 g/mol. The summed E-state index contributed by atoms with van der Waals surface area (Å²) in [6.45, 7) is 0. The predicted octanol–water partition coefficient (Wildman–Crippen LogP) is 2.66. The maximum Gasteiger partial charge on any atom is 0.576 e. The molecule has 86 valence electrons. The number of piperidine rings is 1. The fraction of sp³-hybridized carbons (Fsp3) is 0.889. The SMILES string of the molecule is O=C(OC(F)(F)F)N1C2CCCC1CC2. The van der Waals surface area contributed by atoms with Crippen LogP contribution in [0, 0.1) is 0 Å². The molecule has 6 heteroatoms. The topological polar surface area (TPSA) is 29.5 Å². The Morgan fingerprint density at radius 3 is 2.13 bits per heavy atom. The summed E-state index contributed by atoms with van der Waals surface area (Å²) in [6, 6.07) is -0.0859. The lowest BCUT2D eigenvalue weighted by Gasteiger charge is -2.33. The van der Waals surface area contributed by atoms with E-state index in [1.807, 2.05) is 0 Å². The highest BCUT2D eigenvalue weighted by molar-refractivity contribution is 5.69.